The van der Waals surface area contributed by atoms with Crippen molar-refractivity contribution >= 4 is 0 Å². The lowest BCUT2D eigenvalue weighted by Gasteiger charge is -2.28. The number of allylic oxidation sites excluding steroid dienone is 1. The largest absolute Gasteiger partial charge is 0.327 e. The first-order valence-corrected chi connectivity index (χ1v) is 6.36. The minimum atomic E-state index is -1.16. The van der Waals surface area contributed by atoms with Crippen LogP contribution in [0.5, 0.6) is 0 Å². The molecule has 0 bridgehead atoms. The summed E-state index contributed by atoms with van der Waals surface area (Å²) in [6.07, 6.45) is 11.1. The first kappa shape index (κ1) is 11.1. The smallest absolute Gasteiger partial charge is 0.146 e. The summed E-state index contributed by atoms with van der Waals surface area (Å²) in [6, 6.07) is 0. The Morgan fingerprint density at radius 3 is 2.67 bits per heavy atom. The van der Waals surface area contributed by atoms with E-state index >= 15 is 0 Å². The van der Waals surface area contributed by atoms with Gasteiger partial charge in [-0.15, -0.1) is 0 Å². The molecule has 86 valence electrons. The van der Waals surface area contributed by atoms with Crippen molar-refractivity contribution in [3.63, 3.8) is 0 Å². The molecule has 0 aliphatic heterocycles. The van der Waals surface area contributed by atoms with Gasteiger partial charge in [-0.1, -0.05) is 18.9 Å². The zero-order valence-corrected chi connectivity index (χ0v) is 9.47. The Hall–Kier alpha value is -0.370. The molecule has 2 aliphatic rings. The molecule has 15 heavy (non-hydrogen) atoms. The van der Waals surface area contributed by atoms with Crippen molar-refractivity contribution in [1.82, 2.24) is 0 Å². The number of hydrogen-bond donors (Lipinski definition) is 1. The standard InChI is InChI=1S/C13H22FN/c14-13(10-15,12-8-9-12)11-6-4-2-1-3-5-7-11/h6,12H,1-5,7-10,15H2. The Morgan fingerprint density at radius 2 is 2.00 bits per heavy atom. The van der Waals surface area contributed by atoms with Crippen molar-refractivity contribution < 1.29 is 4.39 Å². The topological polar surface area (TPSA) is 26.0 Å². The molecule has 1 nitrogen and oxygen atoms in total. The fourth-order valence-corrected chi connectivity index (χ4v) is 2.67. The molecule has 0 spiro atoms. The summed E-state index contributed by atoms with van der Waals surface area (Å²) in [4.78, 5) is 0. The summed E-state index contributed by atoms with van der Waals surface area (Å²) in [5.74, 6) is 0.230. The minimum Gasteiger partial charge on any atom is -0.327 e. The van der Waals surface area contributed by atoms with Crippen molar-refractivity contribution in [1.29, 1.82) is 0 Å². The normalized spacial score (nSPS) is 27.5. The number of halogens is 1. The maximum Gasteiger partial charge on any atom is 0.146 e. The summed E-state index contributed by atoms with van der Waals surface area (Å²) in [6.45, 7) is 0.184. The molecule has 0 aromatic rings. The summed E-state index contributed by atoms with van der Waals surface area (Å²) >= 11 is 0. The number of rotatable bonds is 3. The van der Waals surface area contributed by atoms with Crippen LogP contribution in [0.1, 0.15) is 51.4 Å². The lowest BCUT2D eigenvalue weighted by atomic mass is 9.84. The molecule has 1 unspecified atom stereocenters. The summed E-state index contributed by atoms with van der Waals surface area (Å²) in [7, 11) is 0. The van der Waals surface area contributed by atoms with Crippen LogP contribution in [-0.4, -0.2) is 12.2 Å². The van der Waals surface area contributed by atoms with Gasteiger partial charge in [-0.3, -0.25) is 0 Å². The highest BCUT2D eigenvalue weighted by Gasteiger charge is 2.46. The maximum absolute atomic E-state index is 14.7. The second-order valence-corrected chi connectivity index (χ2v) is 5.02. The van der Waals surface area contributed by atoms with Gasteiger partial charge in [0, 0.05) is 6.54 Å². The van der Waals surface area contributed by atoms with Crippen LogP contribution in [0.15, 0.2) is 11.6 Å². The van der Waals surface area contributed by atoms with E-state index in [1.165, 1.54) is 19.3 Å². The summed E-state index contributed by atoms with van der Waals surface area (Å²) in [5.41, 5.74) is 5.52. The van der Waals surface area contributed by atoms with Crippen LogP contribution in [0.3, 0.4) is 0 Å². The predicted octanol–water partition coefficient (Wildman–Crippen LogP) is 3.34. The van der Waals surface area contributed by atoms with Crippen molar-refractivity contribution in [2.75, 3.05) is 6.54 Å². The molecule has 0 amide bonds. The molecule has 2 N–H and O–H groups in total. The molecule has 1 saturated carbocycles. The zero-order valence-electron chi connectivity index (χ0n) is 9.47. The molecule has 0 aromatic carbocycles. The second kappa shape index (κ2) is 4.65. The van der Waals surface area contributed by atoms with E-state index in [-0.39, 0.29) is 12.5 Å². The second-order valence-electron chi connectivity index (χ2n) is 5.02. The fraction of sp³-hybridized carbons (Fsp3) is 0.846. The SMILES string of the molecule is NCC(F)(C1=CCCCCCC1)C1CC1. The Labute approximate surface area is 91.9 Å². The minimum absolute atomic E-state index is 0.184. The van der Waals surface area contributed by atoms with Gasteiger partial charge in [0.05, 0.1) is 0 Å². The van der Waals surface area contributed by atoms with Gasteiger partial charge in [0.1, 0.15) is 5.67 Å². The zero-order chi connectivity index (χ0) is 10.7. The van der Waals surface area contributed by atoms with E-state index in [9.17, 15) is 4.39 Å². The molecule has 1 atom stereocenters. The summed E-state index contributed by atoms with van der Waals surface area (Å²) < 4.78 is 14.7. The van der Waals surface area contributed by atoms with E-state index in [1.807, 2.05) is 0 Å². The third-order valence-corrected chi connectivity index (χ3v) is 3.85. The van der Waals surface area contributed by atoms with Gasteiger partial charge in [-0.2, -0.15) is 0 Å². The highest BCUT2D eigenvalue weighted by Crippen LogP contribution is 2.47. The molecular formula is C13H22FN. The van der Waals surface area contributed by atoms with Gasteiger partial charge in [-0.05, 0) is 50.0 Å². The van der Waals surface area contributed by atoms with E-state index in [1.54, 1.807) is 0 Å². The molecule has 0 radical (unpaired) electrons. The van der Waals surface area contributed by atoms with E-state index < -0.39 is 5.67 Å². The van der Waals surface area contributed by atoms with Crippen LogP contribution < -0.4 is 5.73 Å². The summed E-state index contributed by atoms with van der Waals surface area (Å²) in [5, 5.41) is 0. The van der Waals surface area contributed by atoms with Crippen LogP contribution in [0.2, 0.25) is 0 Å². The van der Waals surface area contributed by atoms with Gasteiger partial charge in [-0.25, -0.2) is 4.39 Å². The van der Waals surface area contributed by atoms with Crippen molar-refractivity contribution in [2.45, 2.75) is 57.0 Å². The number of nitrogens with two attached hydrogens (primary N) is 1. The van der Waals surface area contributed by atoms with E-state index in [4.69, 9.17) is 5.73 Å². The van der Waals surface area contributed by atoms with Crippen molar-refractivity contribution in [3.05, 3.63) is 11.6 Å². The molecular weight excluding hydrogens is 189 g/mol. The average Bonchev–Trinajstić information content (AvgIpc) is 2.99. The van der Waals surface area contributed by atoms with Crippen molar-refractivity contribution in [3.8, 4) is 0 Å². The monoisotopic (exact) mass is 211 g/mol. The quantitative estimate of drug-likeness (QED) is 0.712. The lowest BCUT2D eigenvalue weighted by Crippen LogP contribution is -2.37. The highest BCUT2D eigenvalue weighted by atomic mass is 19.1. The van der Waals surface area contributed by atoms with E-state index in [0.29, 0.717) is 0 Å². The molecule has 2 heteroatoms. The number of hydrogen-bond acceptors (Lipinski definition) is 1. The molecule has 2 rings (SSSR count). The Balaban J connectivity index is 2.10. The van der Waals surface area contributed by atoms with Crippen LogP contribution >= 0.6 is 0 Å². The highest BCUT2D eigenvalue weighted by molar-refractivity contribution is 5.23. The van der Waals surface area contributed by atoms with Crippen LogP contribution in [0.4, 0.5) is 4.39 Å². The van der Waals surface area contributed by atoms with E-state index in [2.05, 4.69) is 6.08 Å². The molecule has 0 saturated heterocycles. The average molecular weight is 211 g/mol. The van der Waals surface area contributed by atoms with Gasteiger partial charge >= 0.3 is 0 Å². The molecule has 0 heterocycles. The van der Waals surface area contributed by atoms with Gasteiger partial charge in [0.15, 0.2) is 0 Å². The lowest BCUT2D eigenvalue weighted by molar-refractivity contribution is 0.181. The van der Waals surface area contributed by atoms with Crippen molar-refractivity contribution in [2.24, 2.45) is 11.7 Å². The predicted molar refractivity (Wildman–Crippen MR) is 61.4 cm³/mol. The van der Waals surface area contributed by atoms with Crippen LogP contribution in [0.25, 0.3) is 0 Å². The third-order valence-electron chi connectivity index (χ3n) is 3.85. The van der Waals surface area contributed by atoms with E-state index in [0.717, 1.165) is 37.7 Å². The van der Waals surface area contributed by atoms with Crippen LogP contribution in [0, 0.1) is 5.92 Å². The fourth-order valence-electron chi connectivity index (χ4n) is 2.67. The maximum atomic E-state index is 14.7. The van der Waals surface area contributed by atoms with Gasteiger partial charge in [0.25, 0.3) is 0 Å². The van der Waals surface area contributed by atoms with Gasteiger partial charge < -0.3 is 5.73 Å². The first-order valence-electron chi connectivity index (χ1n) is 6.36. The van der Waals surface area contributed by atoms with Gasteiger partial charge in [0.2, 0.25) is 0 Å². The van der Waals surface area contributed by atoms with Crippen LogP contribution in [-0.2, 0) is 0 Å². The Kier molecular flexibility index (Phi) is 3.45. The molecule has 2 aliphatic carbocycles. The Morgan fingerprint density at radius 1 is 1.27 bits per heavy atom. The molecule has 1 fully saturated rings. The number of alkyl halides is 1. The first-order chi connectivity index (χ1) is 7.27. The Bertz CT molecular complexity index is 245. The molecule has 0 aromatic heterocycles. The third kappa shape index (κ3) is 2.41.